The van der Waals surface area contributed by atoms with Gasteiger partial charge in [-0.05, 0) is 66.7 Å². The fourth-order valence-electron chi connectivity index (χ4n) is 4.60. The molecule has 0 amide bonds. The van der Waals surface area contributed by atoms with Gasteiger partial charge in [0.15, 0.2) is 5.78 Å². The number of likely N-dealkylation sites (tertiary alicyclic amines) is 1. The summed E-state index contributed by atoms with van der Waals surface area (Å²) in [7, 11) is 0. The maximum absolute atomic E-state index is 12.3. The summed E-state index contributed by atoms with van der Waals surface area (Å²) in [5.41, 5.74) is 5.93. The van der Waals surface area contributed by atoms with Crippen molar-refractivity contribution in [2.75, 3.05) is 13.1 Å². The summed E-state index contributed by atoms with van der Waals surface area (Å²) in [6.45, 7) is 3.40. The van der Waals surface area contributed by atoms with Crippen LogP contribution in [0.2, 0.25) is 4.34 Å². The average molecular weight is 479 g/mol. The summed E-state index contributed by atoms with van der Waals surface area (Å²) in [5, 5.41) is 4.31. The van der Waals surface area contributed by atoms with Gasteiger partial charge in [0.25, 0.3) is 0 Å². The van der Waals surface area contributed by atoms with E-state index in [1.807, 2.05) is 0 Å². The number of benzene rings is 2. The number of halogens is 1. The second-order valence-electron chi connectivity index (χ2n) is 8.75. The molecule has 0 N–H and O–H groups in total. The number of hydrogen-bond acceptors (Lipinski definition) is 5. The summed E-state index contributed by atoms with van der Waals surface area (Å²) in [4.78, 5) is 21.2. The first-order chi connectivity index (χ1) is 16.2. The minimum absolute atomic E-state index is 0.0553. The van der Waals surface area contributed by atoms with Gasteiger partial charge >= 0.3 is 0 Å². The Bertz CT molecular complexity index is 1150. The van der Waals surface area contributed by atoms with Gasteiger partial charge in [-0.15, -0.1) is 11.3 Å². The number of nitrogens with zero attached hydrogens (tertiary/aromatic N) is 2. The van der Waals surface area contributed by atoms with Crippen molar-refractivity contribution in [3.63, 3.8) is 0 Å². The molecule has 4 nitrogen and oxygen atoms in total. The Kier molecular flexibility index (Phi) is 6.91. The molecule has 0 radical (unpaired) electrons. The molecule has 1 saturated heterocycles. The molecule has 1 aromatic heterocycles. The third-order valence-corrected chi connectivity index (χ3v) is 7.69. The lowest BCUT2D eigenvalue weighted by atomic mass is 9.96. The van der Waals surface area contributed by atoms with E-state index < -0.39 is 0 Å². The molecule has 2 aliphatic rings. The van der Waals surface area contributed by atoms with Crippen molar-refractivity contribution in [3.8, 4) is 11.1 Å². The Hall–Kier alpha value is -2.47. The third-order valence-electron chi connectivity index (χ3n) is 6.41. The minimum atomic E-state index is -0.0553. The molecule has 0 saturated carbocycles. The second kappa shape index (κ2) is 10.2. The highest BCUT2D eigenvalue weighted by Crippen LogP contribution is 2.28. The zero-order valence-electron chi connectivity index (χ0n) is 18.5. The molecule has 6 heteroatoms. The number of carbonyl (C=O) groups is 1. The zero-order valence-corrected chi connectivity index (χ0v) is 20.1. The minimum Gasteiger partial charge on any atom is -0.392 e. The lowest BCUT2D eigenvalue weighted by Crippen LogP contribution is -2.18. The number of oxime groups is 1. The molecule has 2 aromatic carbocycles. The van der Waals surface area contributed by atoms with E-state index in [-0.39, 0.29) is 11.9 Å². The number of ketones is 1. The summed E-state index contributed by atoms with van der Waals surface area (Å²) in [5.74, 6) is 0.112. The topological polar surface area (TPSA) is 41.9 Å². The van der Waals surface area contributed by atoms with Crippen LogP contribution >= 0.6 is 22.9 Å². The largest absolute Gasteiger partial charge is 0.392 e. The van der Waals surface area contributed by atoms with Crippen LogP contribution in [0.15, 0.2) is 65.8 Å². The van der Waals surface area contributed by atoms with Crippen molar-refractivity contribution >= 4 is 34.4 Å². The molecule has 2 aliphatic heterocycles. The molecule has 1 atom stereocenters. The molecule has 0 aliphatic carbocycles. The highest BCUT2D eigenvalue weighted by Gasteiger charge is 2.23. The zero-order chi connectivity index (χ0) is 22.6. The fourth-order valence-corrected chi connectivity index (χ4v) is 5.61. The van der Waals surface area contributed by atoms with Gasteiger partial charge in [0.1, 0.15) is 6.10 Å². The highest BCUT2D eigenvalue weighted by molar-refractivity contribution is 7.18. The molecular weight excluding hydrogens is 452 g/mol. The first kappa shape index (κ1) is 22.3. The lowest BCUT2D eigenvalue weighted by Gasteiger charge is -2.17. The number of rotatable bonds is 8. The van der Waals surface area contributed by atoms with Gasteiger partial charge in [0, 0.05) is 19.4 Å². The van der Waals surface area contributed by atoms with Crippen LogP contribution in [0.5, 0.6) is 0 Å². The lowest BCUT2D eigenvalue weighted by molar-refractivity contribution is 0.0720. The van der Waals surface area contributed by atoms with Crippen LogP contribution in [0.1, 0.15) is 52.9 Å². The molecule has 33 heavy (non-hydrogen) atoms. The monoisotopic (exact) mass is 478 g/mol. The first-order valence-corrected chi connectivity index (χ1v) is 12.8. The average Bonchev–Trinajstić information content (AvgIpc) is 3.61. The molecular formula is C27H27ClN2O2S. The van der Waals surface area contributed by atoms with E-state index in [9.17, 15) is 4.79 Å². The van der Waals surface area contributed by atoms with E-state index in [0.717, 1.165) is 24.2 Å². The van der Waals surface area contributed by atoms with Gasteiger partial charge in [-0.2, -0.15) is 0 Å². The van der Waals surface area contributed by atoms with Crippen molar-refractivity contribution in [1.29, 1.82) is 0 Å². The van der Waals surface area contributed by atoms with Gasteiger partial charge < -0.3 is 4.84 Å². The molecule has 1 fully saturated rings. The number of hydrogen-bond donors (Lipinski definition) is 0. The van der Waals surface area contributed by atoms with E-state index in [0.29, 0.717) is 22.1 Å². The first-order valence-electron chi connectivity index (χ1n) is 11.6. The van der Waals surface area contributed by atoms with E-state index in [1.165, 1.54) is 54.0 Å². The van der Waals surface area contributed by atoms with Gasteiger partial charge in [-0.25, -0.2) is 0 Å². The normalized spacial score (nSPS) is 18.3. The highest BCUT2D eigenvalue weighted by atomic mass is 35.5. The molecule has 3 aromatic rings. The number of Topliss-reactive ketones (excluding diaryl/α,β-unsaturated/α-hetero) is 1. The van der Waals surface area contributed by atoms with Crippen LogP contribution in [0.25, 0.3) is 11.1 Å². The van der Waals surface area contributed by atoms with Crippen molar-refractivity contribution < 1.29 is 9.63 Å². The van der Waals surface area contributed by atoms with Crippen molar-refractivity contribution in [2.45, 2.75) is 44.8 Å². The summed E-state index contributed by atoms with van der Waals surface area (Å²) in [6, 6.07) is 20.9. The van der Waals surface area contributed by atoms with Gasteiger partial charge in [0.2, 0.25) is 0 Å². The van der Waals surface area contributed by atoms with Crippen molar-refractivity contribution in [3.05, 3.63) is 81.0 Å². The van der Waals surface area contributed by atoms with Gasteiger partial charge in [-0.3, -0.25) is 9.69 Å². The van der Waals surface area contributed by atoms with Gasteiger partial charge in [0.05, 0.1) is 14.9 Å². The maximum atomic E-state index is 12.3. The molecule has 5 rings (SSSR count). The number of carbonyl (C=O) groups excluding carboxylic acids is 1. The van der Waals surface area contributed by atoms with E-state index in [2.05, 4.69) is 58.6 Å². The number of thiophene rings is 1. The Morgan fingerprint density at radius 2 is 1.79 bits per heavy atom. The fraction of sp³-hybridized carbons (Fsp3) is 0.333. The molecule has 1 unspecified atom stereocenters. The Labute approximate surface area is 203 Å². The summed E-state index contributed by atoms with van der Waals surface area (Å²) < 4.78 is 0.642. The van der Waals surface area contributed by atoms with Crippen LogP contribution in [0, 0.1) is 0 Å². The van der Waals surface area contributed by atoms with Crippen molar-refractivity contribution in [2.24, 2.45) is 5.16 Å². The summed E-state index contributed by atoms with van der Waals surface area (Å²) >= 11 is 7.27. The quantitative estimate of drug-likeness (QED) is 0.333. The molecule has 170 valence electrons. The Morgan fingerprint density at radius 3 is 2.55 bits per heavy atom. The van der Waals surface area contributed by atoms with Crippen molar-refractivity contribution in [1.82, 2.24) is 4.90 Å². The Morgan fingerprint density at radius 1 is 1.03 bits per heavy atom. The second-order valence-corrected chi connectivity index (χ2v) is 10.5. The van der Waals surface area contributed by atoms with Crippen LogP contribution in [-0.4, -0.2) is 35.6 Å². The smallest absolute Gasteiger partial charge is 0.172 e. The predicted molar refractivity (Wildman–Crippen MR) is 135 cm³/mol. The Balaban J connectivity index is 1.20. The van der Waals surface area contributed by atoms with E-state index >= 15 is 0 Å². The van der Waals surface area contributed by atoms with E-state index in [4.69, 9.17) is 16.4 Å². The van der Waals surface area contributed by atoms with Crippen LogP contribution < -0.4 is 0 Å². The molecule has 0 bridgehead atoms. The summed E-state index contributed by atoms with van der Waals surface area (Å²) in [6.07, 6.45) is 4.38. The van der Waals surface area contributed by atoms with Gasteiger partial charge in [-0.1, -0.05) is 65.3 Å². The third kappa shape index (κ3) is 5.37. The predicted octanol–water partition coefficient (Wildman–Crippen LogP) is 6.82. The molecule has 0 spiro atoms. The van der Waals surface area contributed by atoms with E-state index in [1.54, 1.807) is 12.1 Å². The SMILES string of the molecule is O=C(CCC1CC(c2ccc(-c3ccccc3CN3CCCC3)cc2)=NO1)c1ccc(Cl)s1. The van der Waals surface area contributed by atoms with Crippen LogP contribution in [-0.2, 0) is 11.4 Å². The maximum Gasteiger partial charge on any atom is 0.172 e. The van der Waals surface area contributed by atoms with Crippen LogP contribution in [0.3, 0.4) is 0 Å². The molecule has 3 heterocycles. The van der Waals surface area contributed by atoms with Crippen LogP contribution in [0.4, 0.5) is 0 Å². The standard InChI is InChI=1S/C27H27ClN2O2S/c28-27-14-13-26(33-27)25(31)12-11-22-17-24(29-32-22)20-9-7-19(8-10-20)23-6-2-1-5-21(23)18-30-15-3-4-16-30/h1-2,5-10,13-14,22H,3-4,11-12,15-18H2.